The van der Waals surface area contributed by atoms with Crippen LogP contribution in [-0.2, 0) is 25.7 Å². The minimum atomic E-state index is -0.531. The summed E-state index contributed by atoms with van der Waals surface area (Å²) in [7, 11) is 0. The van der Waals surface area contributed by atoms with Gasteiger partial charge in [0.2, 0.25) is 0 Å². The van der Waals surface area contributed by atoms with Crippen LogP contribution in [0, 0.1) is 11.8 Å². The number of benzene rings is 1. The van der Waals surface area contributed by atoms with Crippen molar-refractivity contribution in [1.82, 2.24) is 0 Å². The van der Waals surface area contributed by atoms with E-state index in [4.69, 9.17) is 21.1 Å². The van der Waals surface area contributed by atoms with Crippen LogP contribution in [-0.4, -0.2) is 18.0 Å². The molecule has 0 radical (unpaired) electrons. The lowest BCUT2D eigenvalue weighted by molar-refractivity contribution is -0.156. The maximum Gasteiger partial charge on any atom is 0.310 e. The van der Waals surface area contributed by atoms with Crippen molar-refractivity contribution < 1.29 is 19.1 Å². The van der Waals surface area contributed by atoms with Crippen LogP contribution in [0.3, 0.4) is 0 Å². The highest BCUT2D eigenvalue weighted by Gasteiger charge is 2.27. The standard InChI is InChI=1S/C15H19ClO4/c1-11(2)13(15(18)20-10-16)8-14(17)19-9-12-6-4-3-5-7-12/h3-7,11,13H,8-10H2,1-2H3. The second-order valence-electron chi connectivity index (χ2n) is 4.77. The number of esters is 2. The molecule has 0 aliphatic carbocycles. The quantitative estimate of drug-likeness (QED) is 0.573. The first kappa shape index (κ1) is 16.5. The second kappa shape index (κ2) is 8.59. The first-order valence-corrected chi connectivity index (χ1v) is 7.00. The molecule has 0 spiro atoms. The molecule has 0 bridgehead atoms. The molecule has 1 aromatic rings. The minimum absolute atomic E-state index is 0.000221. The number of carbonyl (C=O) groups excluding carboxylic acids is 2. The number of rotatable bonds is 7. The van der Waals surface area contributed by atoms with Gasteiger partial charge in [-0.05, 0) is 11.5 Å². The minimum Gasteiger partial charge on any atom is -0.461 e. The van der Waals surface area contributed by atoms with Crippen molar-refractivity contribution in [2.45, 2.75) is 26.9 Å². The zero-order valence-electron chi connectivity index (χ0n) is 11.7. The zero-order valence-corrected chi connectivity index (χ0v) is 12.4. The van der Waals surface area contributed by atoms with Crippen LogP contribution in [0.25, 0.3) is 0 Å². The van der Waals surface area contributed by atoms with Gasteiger partial charge < -0.3 is 9.47 Å². The Hall–Kier alpha value is -1.55. The monoisotopic (exact) mass is 298 g/mol. The first-order valence-electron chi connectivity index (χ1n) is 6.46. The molecular weight excluding hydrogens is 280 g/mol. The molecule has 20 heavy (non-hydrogen) atoms. The van der Waals surface area contributed by atoms with E-state index in [0.717, 1.165) is 5.56 Å². The van der Waals surface area contributed by atoms with Crippen LogP contribution in [0.4, 0.5) is 0 Å². The van der Waals surface area contributed by atoms with Gasteiger partial charge in [0.25, 0.3) is 0 Å². The Balaban J connectivity index is 2.48. The van der Waals surface area contributed by atoms with E-state index >= 15 is 0 Å². The smallest absolute Gasteiger partial charge is 0.310 e. The summed E-state index contributed by atoms with van der Waals surface area (Å²) in [4.78, 5) is 23.5. The third-order valence-corrected chi connectivity index (χ3v) is 3.04. The zero-order chi connectivity index (χ0) is 15.0. The molecule has 0 aliphatic heterocycles. The summed E-state index contributed by atoms with van der Waals surface area (Å²) in [5.74, 6) is -1.43. The average Bonchev–Trinajstić information content (AvgIpc) is 2.43. The fourth-order valence-electron chi connectivity index (χ4n) is 1.73. The Kier molecular flexibility index (Phi) is 7.09. The molecule has 110 valence electrons. The van der Waals surface area contributed by atoms with E-state index in [9.17, 15) is 9.59 Å². The predicted molar refractivity (Wildman–Crippen MR) is 76.0 cm³/mol. The molecule has 0 N–H and O–H groups in total. The van der Waals surface area contributed by atoms with Crippen molar-refractivity contribution in [2.75, 3.05) is 6.07 Å². The van der Waals surface area contributed by atoms with Crippen LogP contribution in [0.1, 0.15) is 25.8 Å². The van der Waals surface area contributed by atoms with Gasteiger partial charge in [0.15, 0.2) is 6.07 Å². The molecule has 1 atom stereocenters. The molecule has 0 saturated heterocycles. The van der Waals surface area contributed by atoms with Gasteiger partial charge in [-0.15, -0.1) is 0 Å². The van der Waals surface area contributed by atoms with Crippen molar-refractivity contribution in [3.8, 4) is 0 Å². The van der Waals surface area contributed by atoms with Crippen molar-refractivity contribution >= 4 is 23.5 Å². The lowest BCUT2D eigenvalue weighted by Crippen LogP contribution is -2.26. The summed E-state index contributed by atoms with van der Waals surface area (Å²) in [6, 6.07) is 9.17. The SMILES string of the molecule is CC(C)C(CC(=O)OCc1ccccc1)C(=O)OCCl. The highest BCUT2D eigenvalue weighted by molar-refractivity contribution is 6.17. The topological polar surface area (TPSA) is 52.6 Å². The fourth-order valence-corrected chi connectivity index (χ4v) is 1.84. The molecule has 0 fully saturated rings. The molecular formula is C15H19ClO4. The molecule has 5 heteroatoms. The van der Waals surface area contributed by atoms with Gasteiger partial charge in [0.05, 0.1) is 12.3 Å². The summed E-state index contributed by atoms with van der Waals surface area (Å²) in [6.07, 6.45) is 0.000221. The normalized spacial score (nSPS) is 12.0. The number of halogens is 1. The number of alkyl halides is 1. The number of hydrogen-bond donors (Lipinski definition) is 0. The number of ether oxygens (including phenoxy) is 2. The predicted octanol–water partition coefficient (Wildman–Crippen LogP) is 3.13. The van der Waals surface area contributed by atoms with Crippen molar-refractivity contribution in [3.63, 3.8) is 0 Å². The van der Waals surface area contributed by atoms with E-state index in [-0.39, 0.29) is 25.0 Å². The van der Waals surface area contributed by atoms with Crippen LogP contribution in [0.15, 0.2) is 30.3 Å². The third-order valence-electron chi connectivity index (χ3n) is 2.93. The second-order valence-corrected chi connectivity index (χ2v) is 4.99. The molecule has 0 heterocycles. The molecule has 0 aliphatic rings. The van der Waals surface area contributed by atoms with Crippen molar-refractivity contribution in [2.24, 2.45) is 11.8 Å². The molecule has 1 aromatic carbocycles. The van der Waals surface area contributed by atoms with E-state index in [0.29, 0.717) is 0 Å². The Labute approximate surface area is 124 Å². The highest BCUT2D eigenvalue weighted by Crippen LogP contribution is 2.18. The van der Waals surface area contributed by atoms with E-state index in [1.54, 1.807) is 0 Å². The van der Waals surface area contributed by atoms with E-state index in [1.807, 2.05) is 44.2 Å². The van der Waals surface area contributed by atoms with Gasteiger partial charge in [-0.2, -0.15) is 0 Å². The Bertz CT molecular complexity index is 431. The maximum absolute atomic E-state index is 11.8. The van der Waals surface area contributed by atoms with Crippen molar-refractivity contribution in [3.05, 3.63) is 35.9 Å². The van der Waals surface area contributed by atoms with Gasteiger partial charge in [0.1, 0.15) is 6.61 Å². The van der Waals surface area contributed by atoms with Gasteiger partial charge >= 0.3 is 11.9 Å². The van der Waals surface area contributed by atoms with Crippen molar-refractivity contribution in [1.29, 1.82) is 0 Å². The lowest BCUT2D eigenvalue weighted by atomic mass is 9.93. The van der Waals surface area contributed by atoms with Gasteiger partial charge in [0, 0.05) is 0 Å². The number of carbonyl (C=O) groups is 2. The summed E-state index contributed by atoms with van der Waals surface area (Å²) < 4.78 is 9.91. The first-order chi connectivity index (χ1) is 9.54. The summed E-state index contributed by atoms with van der Waals surface area (Å²) in [6.45, 7) is 3.91. The number of hydrogen-bond acceptors (Lipinski definition) is 4. The lowest BCUT2D eigenvalue weighted by Gasteiger charge is -2.17. The van der Waals surface area contributed by atoms with Gasteiger partial charge in [-0.25, -0.2) is 0 Å². The molecule has 0 amide bonds. The van der Waals surface area contributed by atoms with Crippen LogP contribution in [0.2, 0.25) is 0 Å². The third kappa shape index (κ3) is 5.61. The Morgan fingerprint density at radius 1 is 1.15 bits per heavy atom. The molecule has 1 unspecified atom stereocenters. The molecule has 1 rings (SSSR count). The summed E-state index contributed by atoms with van der Waals surface area (Å²) in [5.41, 5.74) is 0.908. The molecule has 0 aromatic heterocycles. The Morgan fingerprint density at radius 2 is 1.80 bits per heavy atom. The van der Waals surface area contributed by atoms with E-state index in [1.165, 1.54) is 0 Å². The Morgan fingerprint density at radius 3 is 2.35 bits per heavy atom. The fraction of sp³-hybridized carbons (Fsp3) is 0.467. The largest absolute Gasteiger partial charge is 0.461 e. The highest BCUT2D eigenvalue weighted by atomic mass is 35.5. The van der Waals surface area contributed by atoms with Crippen LogP contribution in [0.5, 0.6) is 0 Å². The summed E-state index contributed by atoms with van der Waals surface area (Å²) in [5, 5.41) is 0. The molecule has 4 nitrogen and oxygen atoms in total. The average molecular weight is 299 g/mol. The van der Waals surface area contributed by atoms with Crippen LogP contribution >= 0.6 is 11.6 Å². The van der Waals surface area contributed by atoms with E-state index in [2.05, 4.69) is 0 Å². The van der Waals surface area contributed by atoms with Gasteiger partial charge in [-0.3, -0.25) is 9.59 Å². The van der Waals surface area contributed by atoms with Gasteiger partial charge in [-0.1, -0.05) is 55.8 Å². The van der Waals surface area contributed by atoms with Crippen LogP contribution < -0.4 is 0 Å². The maximum atomic E-state index is 11.8. The summed E-state index contributed by atoms with van der Waals surface area (Å²) >= 11 is 5.36. The molecule has 0 saturated carbocycles. The van der Waals surface area contributed by atoms with E-state index < -0.39 is 17.9 Å².